The van der Waals surface area contributed by atoms with Crippen LogP contribution in [0.15, 0.2) is 211 Å². The number of rotatable bonds is 6. The van der Waals surface area contributed by atoms with E-state index in [2.05, 4.69) is 162 Å². The van der Waals surface area contributed by atoms with E-state index in [-0.39, 0.29) is 5.75 Å². The number of fused-ring (bicyclic) bond motifs is 9. The number of hydrogen-bond acceptors (Lipinski definition) is 5. The van der Waals surface area contributed by atoms with Gasteiger partial charge in [0.25, 0.3) is 0 Å². The van der Waals surface area contributed by atoms with Crippen LogP contribution in [0.25, 0.3) is 126 Å². The maximum absolute atomic E-state index is 11.8. The second kappa shape index (κ2) is 14.4. The summed E-state index contributed by atoms with van der Waals surface area (Å²) in [5.74, 6) is 0.833. The van der Waals surface area contributed by atoms with Gasteiger partial charge in [-0.25, -0.2) is 9.97 Å². The minimum absolute atomic E-state index is 0.137. The molecule has 9 aromatic carbocycles. The molecule has 0 saturated heterocycles. The molecule has 0 aliphatic heterocycles. The summed E-state index contributed by atoms with van der Waals surface area (Å²) < 4.78 is 10.9. The fourth-order valence-corrected chi connectivity index (χ4v) is 10.7. The predicted octanol–water partition coefficient (Wildman–Crippen LogP) is 15.9. The van der Waals surface area contributed by atoms with Gasteiger partial charge < -0.3 is 14.1 Å². The van der Waals surface area contributed by atoms with Crippen molar-refractivity contribution >= 4 is 75.4 Å². The van der Waals surface area contributed by atoms with E-state index >= 15 is 0 Å². The summed E-state index contributed by atoms with van der Waals surface area (Å²) in [7, 11) is 0. The van der Waals surface area contributed by atoms with Crippen LogP contribution in [-0.4, -0.2) is 19.6 Å². The molecule has 300 valence electrons. The summed E-state index contributed by atoms with van der Waals surface area (Å²) in [5, 5.41) is 17.0. The van der Waals surface area contributed by atoms with E-state index in [9.17, 15) is 5.11 Å². The first-order valence-electron chi connectivity index (χ1n) is 21.4. The Morgan fingerprint density at radius 3 is 1.78 bits per heavy atom. The van der Waals surface area contributed by atoms with Crippen LogP contribution in [0.2, 0.25) is 0 Å². The minimum Gasteiger partial charge on any atom is -0.504 e. The molecule has 6 heteroatoms. The zero-order chi connectivity index (χ0) is 42.3. The number of thiophene rings is 1. The first kappa shape index (κ1) is 36.3. The van der Waals surface area contributed by atoms with E-state index in [0.717, 1.165) is 110 Å². The normalized spacial score (nSPS) is 11.8. The molecule has 64 heavy (non-hydrogen) atoms. The van der Waals surface area contributed by atoms with Crippen molar-refractivity contribution in [1.29, 1.82) is 0 Å². The SMILES string of the molecule is Oc1c(-c2ccc3c(c2)c2ccccc2n3-c2c(-c3ccccc3)cc(-c3nc(-c4ccccc4)nc4c3sc3ccccc34)cc2-c2ccccc2)ccc2c1oc1ccccc12. The van der Waals surface area contributed by atoms with Crippen molar-refractivity contribution in [3.63, 3.8) is 0 Å². The number of phenolic OH excluding ortho intramolecular Hbond substituents is 1. The standard InChI is InChI=1S/C58H35N3O2S/c62-55-40(29-30-43-42-23-11-14-26-50(42)63-56(43)55)38-28-31-49-47(32-38)41-22-10-13-25-48(41)61(49)54-45(35-16-4-1-5-17-35)33-39(34-46(54)36-18-6-2-7-19-36)52-57-53(44-24-12-15-27-51(44)64-57)60-58(59-52)37-20-8-3-9-21-37/h1-34,62H. The number of para-hydroxylation sites is 2. The second-order valence-corrected chi connectivity index (χ2v) is 17.3. The smallest absolute Gasteiger partial charge is 0.177 e. The fraction of sp³-hybridized carbons (Fsp3) is 0. The van der Waals surface area contributed by atoms with Gasteiger partial charge in [-0.05, 0) is 71.3 Å². The summed E-state index contributed by atoms with van der Waals surface area (Å²) in [6, 6.07) is 72.0. The highest BCUT2D eigenvalue weighted by Crippen LogP contribution is 2.48. The highest BCUT2D eigenvalue weighted by Gasteiger charge is 2.25. The summed E-state index contributed by atoms with van der Waals surface area (Å²) in [5.41, 5.74) is 14.2. The van der Waals surface area contributed by atoms with Crippen LogP contribution < -0.4 is 0 Å². The number of aromatic hydroxyl groups is 1. The Bertz CT molecular complexity index is 3900. The third kappa shape index (κ3) is 5.63. The summed E-state index contributed by atoms with van der Waals surface area (Å²) in [6.07, 6.45) is 0. The van der Waals surface area contributed by atoms with Crippen LogP contribution in [0.5, 0.6) is 5.75 Å². The molecular formula is C58H35N3O2S. The van der Waals surface area contributed by atoms with Gasteiger partial charge in [0, 0.05) is 59.4 Å². The van der Waals surface area contributed by atoms with E-state index in [4.69, 9.17) is 14.4 Å². The Morgan fingerprint density at radius 2 is 1.05 bits per heavy atom. The van der Waals surface area contributed by atoms with Crippen molar-refractivity contribution in [2.45, 2.75) is 0 Å². The van der Waals surface area contributed by atoms with Gasteiger partial charge in [-0.3, -0.25) is 0 Å². The number of hydrogen-bond donors (Lipinski definition) is 1. The largest absolute Gasteiger partial charge is 0.504 e. The summed E-state index contributed by atoms with van der Waals surface area (Å²) in [4.78, 5) is 10.7. The Labute approximate surface area is 371 Å². The van der Waals surface area contributed by atoms with Gasteiger partial charge >= 0.3 is 0 Å². The Morgan fingerprint density at radius 1 is 0.438 bits per heavy atom. The molecule has 0 atom stereocenters. The van der Waals surface area contributed by atoms with Crippen LogP contribution in [0.1, 0.15) is 0 Å². The van der Waals surface area contributed by atoms with Crippen molar-refractivity contribution in [1.82, 2.24) is 14.5 Å². The van der Waals surface area contributed by atoms with Crippen molar-refractivity contribution in [3.8, 4) is 67.5 Å². The molecule has 13 rings (SSSR count). The van der Waals surface area contributed by atoms with E-state index < -0.39 is 0 Å². The molecule has 0 unspecified atom stereocenters. The Kier molecular flexibility index (Phi) is 8.17. The van der Waals surface area contributed by atoms with E-state index in [1.54, 1.807) is 11.3 Å². The zero-order valence-electron chi connectivity index (χ0n) is 34.2. The Balaban J connectivity index is 1.10. The van der Waals surface area contributed by atoms with Crippen molar-refractivity contribution < 1.29 is 9.52 Å². The molecule has 0 aliphatic rings. The topological polar surface area (TPSA) is 64.1 Å². The lowest BCUT2D eigenvalue weighted by molar-refractivity contribution is 0.470. The number of phenols is 1. The van der Waals surface area contributed by atoms with Crippen LogP contribution in [-0.2, 0) is 0 Å². The number of nitrogens with zero attached hydrogens (tertiary/aromatic N) is 3. The first-order chi connectivity index (χ1) is 31.7. The number of furan rings is 1. The highest BCUT2D eigenvalue weighted by atomic mass is 32.1. The molecule has 13 aromatic rings. The number of aromatic nitrogens is 3. The predicted molar refractivity (Wildman–Crippen MR) is 265 cm³/mol. The van der Waals surface area contributed by atoms with Crippen molar-refractivity contribution in [2.24, 2.45) is 0 Å². The first-order valence-corrected chi connectivity index (χ1v) is 22.2. The lowest BCUT2D eigenvalue weighted by atomic mass is 9.91. The molecule has 4 heterocycles. The molecule has 0 amide bonds. The molecule has 1 N–H and O–H groups in total. The van der Waals surface area contributed by atoms with Gasteiger partial charge in [-0.2, -0.15) is 0 Å². The van der Waals surface area contributed by atoms with Crippen LogP contribution >= 0.6 is 11.3 Å². The van der Waals surface area contributed by atoms with E-state index in [0.29, 0.717) is 11.4 Å². The maximum atomic E-state index is 11.8. The molecule has 0 aliphatic carbocycles. The number of benzene rings is 9. The third-order valence-corrected chi connectivity index (χ3v) is 13.7. The van der Waals surface area contributed by atoms with Crippen LogP contribution in [0, 0.1) is 0 Å². The molecule has 0 radical (unpaired) electrons. The molecule has 5 nitrogen and oxygen atoms in total. The van der Waals surface area contributed by atoms with E-state index in [1.807, 2.05) is 48.5 Å². The van der Waals surface area contributed by atoms with Gasteiger partial charge in [-0.15, -0.1) is 11.3 Å². The Hall–Kier alpha value is -8.32. The average molecular weight is 838 g/mol. The summed E-state index contributed by atoms with van der Waals surface area (Å²) in [6.45, 7) is 0. The van der Waals surface area contributed by atoms with Gasteiger partial charge in [0.1, 0.15) is 5.58 Å². The van der Waals surface area contributed by atoms with Crippen molar-refractivity contribution in [2.75, 3.05) is 0 Å². The van der Waals surface area contributed by atoms with Gasteiger partial charge in [0.05, 0.1) is 32.6 Å². The quantitative estimate of drug-likeness (QED) is 0.181. The van der Waals surface area contributed by atoms with Gasteiger partial charge in [0.2, 0.25) is 0 Å². The van der Waals surface area contributed by atoms with Gasteiger partial charge in [0.15, 0.2) is 17.2 Å². The van der Waals surface area contributed by atoms with Crippen molar-refractivity contribution in [3.05, 3.63) is 206 Å². The molecule has 0 spiro atoms. The fourth-order valence-electron chi connectivity index (χ4n) is 9.58. The van der Waals surface area contributed by atoms with Gasteiger partial charge in [-0.1, -0.05) is 152 Å². The average Bonchev–Trinajstić information content (AvgIpc) is 4.04. The molecule has 0 saturated carbocycles. The lowest BCUT2D eigenvalue weighted by Gasteiger charge is -2.21. The molecule has 0 bridgehead atoms. The molecular weight excluding hydrogens is 803 g/mol. The third-order valence-electron chi connectivity index (χ3n) is 12.5. The molecule has 4 aromatic heterocycles. The lowest BCUT2D eigenvalue weighted by Crippen LogP contribution is -2.02. The molecule has 0 fully saturated rings. The monoisotopic (exact) mass is 837 g/mol. The maximum Gasteiger partial charge on any atom is 0.177 e. The van der Waals surface area contributed by atoms with Crippen LogP contribution in [0.4, 0.5) is 0 Å². The second-order valence-electron chi connectivity index (χ2n) is 16.2. The summed E-state index contributed by atoms with van der Waals surface area (Å²) >= 11 is 1.74. The highest BCUT2D eigenvalue weighted by molar-refractivity contribution is 7.26. The zero-order valence-corrected chi connectivity index (χ0v) is 35.1. The van der Waals surface area contributed by atoms with Crippen LogP contribution in [0.3, 0.4) is 0 Å². The minimum atomic E-state index is 0.137. The van der Waals surface area contributed by atoms with E-state index in [1.165, 1.54) is 4.70 Å².